The van der Waals surface area contributed by atoms with Gasteiger partial charge in [0.1, 0.15) is 16.5 Å². The molecule has 2 aromatic carbocycles. The van der Waals surface area contributed by atoms with Crippen LogP contribution in [0, 0.1) is 6.92 Å². The van der Waals surface area contributed by atoms with Crippen LogP contribution >= 0.6 is 0 Å². The van der Waals surface area contributed by atoms with Gasteiger partial charge in [0.2, 0.25) is 0 Å². The number of aryl methyl sites for hydroxylation is 3. The Morgan fingerprint density at radius 2 is 1.96 bits per heavy atom. The number of nitrogens with one attached hydrogen (secondary N) is 1. The van der Waals surface area contributed by atoms with Gasteiger partial charge >= 0.3 is 0 Å². The van der Waals surface area contributed by atoms with Crippen molar-refractivity contribution in [2.24, 2.45) is 0 Å². The van der Waals surface area contributed by atoms with E-state index >= 15 is 0 Å². The van der Waals surface area contributed by atoms with Crippen LogP contribution in [0.4, 0.5) is 5.69 Å². The van der Waals surface area contributed by atoms with Crippen molar-refractivity contribution in [3.8, 4) is 17.0 Å². The van der Waals surface area contributed by atoms with Crippen LogP contribution in [0.1, 0.15) is 24.2 Å². The average Bonchev–Trinajstić information content (AvgIpc) is 3.11. The third-order valence-corrected chi connectivity index (χ3v) is 6.37. The van der Waals surface area contributed by atoms with E-state index in [0.717, 1.165) is 48.5 Å². The van der Waals surface area contributed by atoms with Crippen LogP contribution in [-0.4, -0.2) is 25.1 Å². The zero-order valence-electron chi connectivity index (χ0n) is 16.0. The predicted molar refractivity (Wildman–Crippen MR) is 109 cm³/mol. The Morgan fingerprint density at radius 3 is 2.75 bits per heavy atom. The molecule has 4 rings (SSSR count). The van der Waals surface area contributed by atoms with Crippen molar-refractivity contribution >= 4 is 15.7 Å². The van der Waals surface area contributed by atoms with E-state index in [9.17, 15) is 8.42 Å². The maximum Gasteiger partial charge on any atom is 0.265 e. The van der Waals surface area contributed by atoms with Crippen LogP contribution in [-0.2, 0) is 23.0 Å². The minimum absolute atomic E-state index is 0.111. The molecule has 1 aliphatic rings. The summed E-state index contributed by atoms with van der Waals surface area (Å²) >= 11 is 0. The van der Waals surface area contributed by atoms with Crippen molar-refractivity contribution in [3.63, 3.8) is 0 Å². The van der Waals surface area contributed by atoms with E-state index in [4.69, 9.17) is 9.72 Å². The number of benzene rings is 2. The van der Waals surface area contributed by atoms with Crippen molar-refractivity contribution in [1.82, 2.24) is 9.55 Å². The Morgan fingerprint density at radius 1 is 1.14 bits per heavy atom. The van der Waals surface area contributed by atoms with E-state index in [1.807, 2.05) is 31.3 Å². The van der Waals surface area contributed by atoms with Gasteiger partial charge in [-0.2, -0.15) is 0 Å². The zero-order chi connectivity index (χ0) is 19.7. The summed E-state index contributed by atoms with van der Waals surface area (Å²) in [5.74, 6) is 1.38. The van der Waals surface area contributed by atoms with Gasteiger partial charge in [0.15, 0.2) is 0 Å². The van der Waals surface area contributed by atoms with Gasteiger partial charge in [-0.05, 0) is 43.5 Å². The molecule has 0 saturated heterocycles. The molecule has 0 aliphatic carbocycles. The molecule has 28 heavy (non-hydrogen) atoms. The van der Waals surface area contributed by atoms with E-state index in [0.29, 0.717) is 11.4 Å². The molecule has 0 atom stereocenters. The fourth-order valence-corrected chi connectivity index (χ4v) is 4.77. The van der Waals surface area contributed by atoms with Crippen LogP contribution in [0.25, 0.3) is 11.3 Å². The largest absolute Gasteiger partial charge is 0.495 e. The number of aromatic nitrogens is 2. The molecule has 6 nitrogen and oxygen atoms in total. The molecule has 0 radical (unpaired) electrons. The van der Waals surface area contributed by atoms with Gasteiger partial charge in [-0.25, -0.2) is 13.4 Å². The molecule has 0 amide bonds. The van der Waals surface area contributed by atoms with E-state index in [1.54, 1.807) is 24.3 Å². The number of methoxy groups -OCH3 is 1. The molecule has 1 aliphatic heterocycles. The second kappa shape index (κ2) is 7.31. The number of fused-ring (bicyclic) bond motifs is 1. The monoisotopic (exact) mass is 397 g/mol. The first kappa shape index (κ1) is 18.6. The number of imidazole rings is 1. The summed E-state index contributed by atoms with van der Waals surface area (Å²) in [6, 6.07) is 12.4. The van der Waals surface area contributed by atoms with Crippen molar-refractivity contribution in [1.29, 1.82) is 0 Å². The minimum Gasteiger partial charge on any atom is -0.495 e. The number of sulfonamides is 1. The first-order chi connectivity index (χ1) is 13.5. The lowest BCUT2D eigenvalue weighted by Crippen LogP contribution is -2.14. The molecule has 0 spiro atoms. The summed E-state index contributed by atoms with van der Waals surface area (Å²) in [4.78, 5) is 4.84. The molecule has 0 fully saturated rings. The SMILES string of the molecule is COc1cc(C)ccc1S(=O)(=O)Nc1ccccc1-c1cn2c(n1)CCCC2. The van der Waals surface area contributed by atoms with Gasteiger partial charge in [-0.15, -0.1) is 0 Å². The normalized spacial score (nSPS) is 13.8. The molecule has 0 saturated carbocycles. The Kier molecular flexibility index (Phi) is 4.85. The second-order valence-corrected chi connectivity index (χ2v) is 8.65. The molecule has 0 bridgehead atoms. The van der Waals surface area contributed by atoms with Crippen LogP contribution in [0.15, 0.2) is 53.6 Å². The fourth-order valence-electron chi connectivity index (χ4n) is 3.53. The number of para-hydroxylation sites is 1. The van der Waals surface area contributed by atoms with Crippen LogP contribution < -0.4 is 9.46 Å². The number of rotatable bonds is 5. The van der Waals surface area contributed by atoms with E-state index in [-0.39, 0.29) is 4.90 Å². The third kappa shape index (κ3) is 3.49. The van der Waals surface area contributed by atoms with Gasteiger partial charge < -0.3 is 9.30 Å². The maximum absolute atomic E-state index is 13.1. The lowest BCUT2D eigenvalue weighted by Gasteiger charge is -2.14. The highest BCUT2D eigenvalue weighted by Crippen LogP contribution is 2.32. The Labute approximate surface area is 165 Å². The maximum atomic E-state index is 13.1. The van der Waals surface area contributed by atoms with Crippen LogP contribution in [0.5, 0.6) is 5.75 Å². The minimum atomic E-state index is -3.82. The smallest absolute Gasteiger partial charge is 0.265 e. The molecular formula is C21H23N3O3S. The highest BCUT2D eigenvalue weighted by Gasteiger charge is 2.22. The molecule has 0 unspecified atom stereocenters. The quantitative estimate of drug-likeness (QED) is 0.706. The molecule has 7 heteroatoms. The summed E-state index contributed by atoms with van der Waals surface area (Å²) in [6.07, 6.45) is 5.24. The third-order valence-electron chi connectivity index (χ3n) is 4.96. The summed E-state index contributed by atoms with van der Waals surface area (Å²) in [6.45, 7) is 2.85. The van der Waals surface area contributed by atoms with Crippen LogP contribution in [0.3, 0.4) is 0 Å². The topological polar surface area (TPSA) is 73.2 Å². The van der Waals surface area contributed by atoms with Gasteiger partial charge in [0.25, 0.3) is 10.0 Å². The first-order valence-corrected chi connectivity index (χ1v) is 10.8. The fraction of sp³-hybridized carbons (Fsp3) is 0.286. The summed E-state index contributed by atoms with van der Waals surface area (Å²) in [7, 11) is -2.35. The van der Waals surface area contributed by atoms with E-state index in [1.165, 1.54) is 7.11 Å². The highest BCUT2D eigenvalue weighted by atomic mass is 32.2. The molecule has 2 heterocycles. The van der Waals surface area contributed by atoms with Gasteiger partial charge in [-0.1, -0.05) is 24.3 Å². The highest BCUT2D eigenvalue weighted by molar-refractivity contribution is 7.92. The van der Waals surface area contributed by atoms with Gasteiger partial charge in [-0.3, -0.25) is 4.72 Å². The molecular weight excluding hydrogens is 374 g/mol. The summed E-state index contributed by atoms with van der Waals surface area (Å²) < 4.78 is 36.3. The van der Waals surface area contributed by atoms with Crippen LogP contribution in [0.2, 0.25) is 0 Å². The number of hydrogen-bond donors (Lipinski definition) is 1. The number of anilines is 1. The number of ether oxygens (including phenoxy) is 1. The zero-order valence-corrected chi connectivity index (χ0v) is 16.8. The lowest BCUT2D eigenvalue weighted by atomic mass is 10.1. The predicted octanol–water partition coefficient (Wildman–Crippen LogP) is 4.00. The molecule has 1 aromatic heterocycles. The second-order valence-electron chi connectivity index (χ2n) is 7.00. The number of nitrogens with zero attached hydrogens (tertiary/aromatic N) is 2. The number of hydrogen-bond acceptors (Lipinski definition) is 4. The van der Waals surface area contributed by atoms with E-state index in [2.05, 4.69) is 9.29 Å². The molecule has 1 N–H and O–H groups in total. The Hall–Kier alpha value is -2.80. The van der Waals surface area contributed by atoms with Gasteiger partial charge in [0, 0.05) is 24.7 Å². The molecule has 3 aromatic rings. The lowest BCUT2D eigenvalue weighted by molar-refractivity contribution is 0.402. The average molecular weight is 398 g/mol. The Balaban J connectivity index is 1.72. The van der Waals surface area contributed by atoms with Crippen molar-refractivity contribution < 1.29 is 13.2 Å². The summed E-state index contributed by atoms with van der Waals surface area (Å²) in [5, 5.41) is 0. The summed E-state index contributed by atoms with van der Waals surface area (Å²) in [5.41, 5.74) is 2.98. The Bertz CT molecular complexity index is 1100. The van der Waals surface area contributed by atoms with Crippen molar-refractivity contribution in [2.75, 3.05) is 11.8 Å². The van der Waals surface area contributed by atoms with E-state index < -0.39 is 10.0 Å². The standard InChI is InChI=1S/C21H23N3O3S/c1-15-10-11-20(19(13-15)27-2)28(25,26)23-17-8-4-3-7-16(17)18-14-24-12-6-5-9-21(24)22-18/h3-4,7-8,10-11,13-14,23H,5-6,9,12H2,1-2H3. The van der Waals surface area contributed by atoms with Crippen molar-refractivity contribution in [2.45, 2.75) is 37.6 Å². The first-order valence-electron chi connectivity index (χ1n) is 9.31. The van der Waals surface area contributed by atoms with Crippen molar-refractivity contribution in [3.05, 3.63) is 60.0 Å². The molecule has 146 valence electrons. The van der Waals surface area contributed by atoms with Gasteiger partial charge in [0.05, 0.1) is 18.5 Å².